The van der Waals surface area contributed by atoms with Gasteiger partial charge in [0.2, 0.25) is 0 Å². The van der Waals surface area contributed by atoms with Crippen molar-refractivity contribution >= 4 is 23.1 Å². The molecule has 0 spiro atoms. The van der Waals surface area contributed by atoms with Crippen LogP contribution in [0, 0.1) is 38.7 Å². The molecule has 6 atom stereocenters. The lowest BCUT2D eigenvalue weighted by molar-refractivity contribution is 0.241. The molecular formula is C27H47P3. The SMILES string of the molecule is CC(C)(C)C#CP1C2(C(C)(C)C)[P@]3C(C(C)(C)C)=C[C@]1(C(C)(C)C)[C@H](C(C)(C)C)[P@@]32. The Morgan fingerprint density at radius 3 is 1.60 bits per heavy atom. The molecule has 0 aromatic rings. The normalized spacial score (nSPS) is 38.7. The minimum atomic E-state index is -0.412. The van der Waals surface area contributed by atoms with Crippen molar-refractivity contribution in [2.75, 3.05) is 0 Å². The third-order valence-electron chi connectivity index (χ3n) is 7.06. The Morgan fingerprint density at radius 2 is 1.27 bits per heavy atom. The molecule has 4 heterocycles. The molecule has 0 saturated carbocycles. The van der Waals surface area contributed by atoms with Crippen molar-refractivity contribution in [3.05, 3.63) is 11.4 Å². The van der Waals surface area contributed by atoms with Crippen LogP contribution >= 0.6 is 23.1 Å². The molecule has 0 aliphatic carbocycles. The van der Waals surface area contributed by atoms with Gasteiger partial charge >= 0.3 is 0 Å². The van der Waals surface area contributed by atoms with Gasteiger partial charge in [0.1, 0.15) is 0 Å². The van der Waals surface area contributed by atoms with E-state index in [9.17, 15) is 0 Å². The van der Waals surface area contributed by atoms with Gasteiger partial charge in [0.15, 0.2) is 0 Å². The largest absolute Gasteiger partial charge is 0.0927 e. The molecule has 2 saturated heterocycles. The van der Waals surface area contributed by atoms with Crippen LogP contribution in [0.25, 0.3) is 0 Å². The average molecular weight is 465 g/mol. The maximum absolute atomic E-state index is 4.12. The van der Waals surface area contributed by atoms with E-state index in [-0.39, 0.29) is 36.6 Å². The zero-order chi connectivity index (χ0) is 23.5. The Hall–Kier alpha value is 0.590. The Morgan fingerprint density at radius 1 is 0.767 bits per heavy atom. The summed E-state index contributed by atoms with van der Waals surface area (Å²) in [6, 6.07) is 0. The molecular weight excluding hydrogens is 417 g/mol. The molecule has 4 bridgehead atoms. The Balaban J connectivity index is 2.45. The molecule has 0 radical (unpaired) electrons. The molecule has 0 N–H and O–H groups in total. The Kier molecular flexibility index (Phi) is 5.54. The van der Waals surface area contributed by atoms with Crippen LogP contribution < -0.4 is 0 Å². The van der Waals surface area contributed by atoms with Crippen molar-refractivity contribution in [2.24, 2.45) is 27.1 Å². The van der Waals surface area contributed by atoms with Gasteiger partial charge in [-0.2, -0.15) is 0 Å². The molecule has 3 heteroatoms. The summed E-state index contributed by atoms with van der Waals surface area (Å²) < 4.78 is 0.480. The number of rotatable bonds is 0. The van der Waals surface area contributed by atoms with Gasteiger partial charge in [-0.1, -0.05) is 108 Å². The van der Waals surface area contributed by atoms with E-state index in [1.807, 2.05) is 5.31 Å². The van der Waals surface area contributed by atoms with Crippen LogP contribution in [0.1, 0.15) is 104 Å². The van der Waals surface area contributed by atoms with Crippen molar-refractivity contribution < 1.29 is 0 Å². The van der Waals surface area contributed by atoms with E-state index in [4.69, 9.17) is 0 Å². The summed E-state index contributed by atoms with van der Waals surface area (Å²) in [6.07, 6.45) is 2.87. The highest BCUT2D eigenvalue weighted by Gasteiger charge is 2.90. The van der Waals surface area contributed by atoms with Crippen LogP contribution in [0.5, 0.6) is 0 Å². The third-order valence-corrected chi connectivity index (χ3v) is 24.7. The number of allylic oxidation sites excluding steroid dienone is 2. The minimum Gasteiger partial charge on any atom is -0.0927 e. The van der Waals surface area contributed by atoms with E-state index in [0.29, 0.717) is 15.5 Å². The lowest BCUT2D eigenvalue weighted by Crippen LogP contribution is -2.53. The van der Waals surface area contributed by atoms with E-state index in [1.54, 1.807) is 0 Å². The maximum atomic E-state index is 4.12. The van der Waals surface area contributed by atoms with Crippen molar-refractivity contribution in [3.63, 3.8) is 0 Å². The smallest absolute Gasteiger partial charge is 0.0593 e. The molecule has 4 aliphatic rings. The highest BCUT2D eigenvalue weighted by Crippen LogP contribution is 3.24. The average Bonchev–Trinajstić information content (AvgIpc) is 3.06. The van der Waals surface area contributed by atoms with Crippen LogP contribution in [0.2, 0.25) is 0 Å². The van der Waals surface area contributed by atoms with E-state index >= 15 is 0 Å². The molecule has 0 aromatic carbocycles. The van der Waals surface area contributed by atoms with Gasteiger partial charge in [0.25, 0.3) is 0 Å². The van der Waals surface area contributed by atoms with Crippen LogP contribution in [0.4, 0.5) is 0 Å². The lowest BCUT2D eigenvalue weighted by atomic mass is 9.69. The third kappa shape index (κ3) is 3.27. The fourth-order valence-corrected chi connectivity index (χ4v) is 31.1. The maximum Gasteiger partial charge on any atom is 0.0593 e. The van der Waals surface area contributed by atoms with Crippen LogP contribution in [-0.2, 0) is 0 Å². The van der Waals surface area contributed by atoms with E-state index in [1.165, 1.54) is 0 Å². The molecule has 4 rings (SSSR count). The summed E-state index contributed by atoms with van der Waals surface area (Å²) in [6.45, 7) is 37.1. The first-order valence-electron chi connectivity index (χ1n) is 11.7. The quantitative estimate of drug-likeness (QED) is 0.247. The first-order valence-corrected chi connectivity index (χ1v) is 16.5. The predicted octanol–water partition coefficient (Wildman–Crippen LogP) is 10.2. The summed E-state index contributed by atoms with van der Waals surface area (Å²) in [5.41, 5.74) is 6.12. The first kappa shape index (κ1) is 25.2. The first-order chi connectivity index (χ1) is 13.0. The standard InChI is InChI=1S/C27H47P3/c1-21(2,3)16-17-28-26(24(10,11)12)18-19(22(4,5)6)29-27(28,25(13,14)15)30(29)20(26)23(7,8)9/h18,20H,1-15H3/t20-,26+,27?,28?,29-,30+/m0/s1. The molecule has 4 aliphatic heterocycles. The molecule has 2 unspecified atom stereocenters. The summed E-state index contributed by atoms with van der Waals surface area (Å²) in [4.78, 5) is 0. The van der Waals surface area contributed by atoms with Crippen molar-refractivity contribution in [2.45, 2.75) is 119 Å². The highest BCUT2D eigenvalue weighted by atomic mass is 32.1. The van der Waals surface area contributed by atoms with E-state index < -0.39 is 7.92 Å². The van der Waals surface area contributed by atoms with Crippen molar-refractivity contribution in [1.82, 2.24) is 0 Å². The highest BCUT2D eigenvalue weighted by molar-refractivity contribution is 8.55. The van der Waals surface area contributed by atoms with Crippen LogP contribution in [0.3, 0.4) is 0 Å². The molecule has 0 aromatic heterocycles. The topological polar surface area (TPSA) is 0 Å². The minimum absolute atomic E-state index is 0.0162. The van der Waals surface area contributed by atoms with Gasteiger partial charge in [0, 0.05) is 24.2 Å². The van der Waals surface area contributed by atoms with Gasteiger partial charge in [-0.25, -0.2) is 0 Å². The molecule has 0 nitrogen and oxygen atoms in total. The molecule has 0 amide bonds. The van der Waals surface area contributed by atoms with E-state index in [2.05, 4.69) is 122 Å². The molecule has 30 heavy (non-hydrogen) atoms. The Labute approximate surface area is 192 Å². The van der Waals surface area contributed by atoms with Crippen molar-refractivity contribution in [3.8, 4) is 11.6 Å². The number of hydrogen-bond acceptors (Lipinski definition) is 0. The second-order valence-corrected chi connectivity index (χ2v) is 24.5. The second-order valence-electron chi connectivity index (χ2n) is 15.0. The van der Waals surface area contributed by atoms with Gasteiger partial charge in [0.05, 0.1) is 4.64 Å². The van der Waals surface area contributed by atoms with Crippen LogP contribution in [-0.4, -0.2) is 15.5 Å². The summed E-state index contributed by atoms with van der Waals surface area (Å²) in [7, 11) is -0.490. The second kappa shape index (κ2) is 6.59. The number of hydrogen-bond donors (Lipinski definition) is 0. The summed E-state index contributed by atoms with van der Waals surface area (Å²) in [5, 5.41) is 2.06. The van der Waals surface area contributed by atoms with E-state index in [0.717, 1.165) is 5.66 Å². The Bertz CT molecular complexity index is 820. The monoisotopic (exact) mass is 464 g/mol. The van der Waals surface area contributed by atoms with Crippen molar-refractivity contribution in [1.29, 1.82) is 0 Å². The van der Waals surface area contributed by atoms with Gasteiger partial charge in [-0.15, -0.1) is 0 Å². The van der Waals surface area contributed by atoms with Gasteiger partial charge < -0.3 is 0 Å². The lowest BCUT2D eigenvalue weighted by Gasteiger charge is -2.58. The fourth-order valence-electron chi connectivity index (χ4n) is 5.90. The summed E-state index contributed by atoms with van der Waals surface area (Å²) >= 11 is 0. The zero-order valence-corrected chi connectivity index (χ0v) is 25.2. The molecule has 2 fully saturated rings. The predicted molar refractivity (Wildman–Crippen MR) is 143 cm³/mol. The van der Waals surface area contributed by atoms with Gasteiger partial charge in [-0.3, -0.25) is 0 Å². The summed E-state index contributed by atoms with van der Waals surface area (Å²) in [5.74, 6) is 3.80. The zero-order valence-electron chi connectivity index (χ0n) is 22.5. The molecule has 170 valence electrons. The van der Waals surface area contributed by atoms with Crippen LogP contribution in [0.15, 0.2) is 11.4 Å². The fraction of sp³-hybridized carbons (Fsp3) is 0.852. The van der Waals surface area contributed by atoms with Gasteiger partial charge in [-0.05, 0) is 55.4 Å².